The molecule has 0 spiro atoms. The summed E-state index contributed by atoms with van der Waals surface area (Å²) in [7, 11) is 1.37. The lowest BCUT2D eigenvalue weighted by molar-refractivity contribution is 0.0692. The molecular formula is C15H13NO4. The molecule has 1 N–H and O–H groups in total. The number of aromatic carboxylic acids is 1. The van der Waals surface area contributed by atoms with Gasteiger partial charge in [0.25, 0.3) is 0 Å². The van der Waals surface area contributed by atoms with Crippen LogP contribution in [0.5, 0.6) is 5.88 Å². The molecule has 102 valence electrons. The van der Waals surface area contributed by atoms with Gasteiger partial charge >= 0.3 is 5.97 Å². The molecule has 0 bridgehead atoms. The minimum atomic E-state index is -1.10. The van der Waals surface area contributed by atoms with E-state index in [9.17, 15) is 9.59 Å². The van der Waals surface area contributed by atoms with Gasteiger partial charge in [-0.05, 0) is 18.6 Å². The lowest BCUT2D eigenvalue weighted by atomic mass is 10.0. The minimum absolute atomic E-state index is 0.000597. The van der Waals surface area contributed by atoms with E-state index in [1.54, 1.807) is 24.3 Å². The van der Waals surface area contributed by atoms with Crippen LogP contribution in [0.3, 0.4) is 0 Å². The third-order valence-corrected chi connectivity index (χ3v) is 2.90. The van der Waals surface area contributed by atoms with Gasteiger partial charge in [0, 0.05) is 17.3 Å². The van der Waals surface area contributed by atoms with Crippen LogP contribution >= 0.6 is 0 Å². The van der Waals surface area contributed by atoms with E-state index >= 15 is 0 Å². The van der Waals surface area contributed by atoms with Gasteiger partial charge in [0.15, 0.2) is 5.78 Å². The number of carbonyl (C=O) groups is 2. The fourth-order valence-electron chi connectivity index (χ4n) is 1.82. The van der Waals surface area contributed by atoms with Crippen LogP contribution in [0, 0.1) is 0 Å². The van der Waals surface area contributed by atoms with Crippen LogP contribution in [-0.2, 0) is 0 Å². The van der Waals surface area contributed by atoms with Gasteiger partial charge in [0.1, 0.15) is 5.56 Å². The van der Waals surface area contributed by atoms with Crippen molar-refractivity contribution < 1.29 is 19.4 Å². The van der Waals surface area contributed by atoms with Crippen molar-refractivity contribution in [1.82, 2.24) is 4.98 Å². The van der Waals surface area contributed by atoms with E-state index in [0.29, 0.717) is 11.1 Å². The van der Waals surface area contributed by atoms with Crippen LogP contribution in [0.2, 0.25) is 0 Å². The molecule has 0 aliphatic carbocycles. The zero-order valence-electron chi connectivity index (χ0n) is 11.1. The molecule has 20 heavy (non-hydrogen) atoms. The second kappa shape index (κ2) is 5.52. The maximum absolute atomic E-state index is 11.2. The van der Waals surface area contributed by atoms with Crippen LogP contribution in [0.4, 0.5) is 0 Å². The smallest absolute Gasteiger partial charge is 0.341 e. The highest BCUT2D eigenvalue weighted by Crippen LogP contribution is 2.24. The number of carbonyl (C=O) groups excluding carboxylic acids is 1. The van der Waals surface area contributed by atoms with Crippen LogP contribution in [-0.4, -0.2) is 29.0 Å². The molecule has 0 amide bonds. The lowest BCUT2D eigenvalue weighted by Crippen LogP contribution is -2.02. The van der Waals surface area contributed by atoms with Gasteiger partial charge in [0.05, 0.1) is 7.11 Å². The molecule has 5 heteroatoms. The third kappa shape index (κ3) is 2.66. The second-order valence-corrected chi connectivity index (χ2v) is 4.22. The molecular weight excluding hydrogens is 258 g/mol. The van der Waals surface area contributed by atoms with Gasteiger partial charge in [-0.3, -0.25) is 4.79 Å². The summed E-state index contributed by atoms with van der Waals surface area (Å²) in [5.41, 5.74) is 2.04. The topological polar surface area (TPSA) is 76.5 Å². The maximum Gasteiger partial charge on any atom is 0.341 e. The maximum atomic E-state index is 11.2. The van der Waals surface area contributed by atoms with Crippen molar-refractivity contribution >= 4 is 11.8 Å². The summed E-state index contributed by atoms with van der Waals surface area (Å²) in [5.74, 6) is -1.05. The Kier molecular flexibility index (Phi) is 3.79. The normalized spacial score (nSPS) is 10.1. The quantitative estimate of drug-likeness (QED) is 0.865. The van der Waals surface area contributed by atoms with Crippen molar-refractivity contribution in [3.63, 3.8) is 0 Å². The van der Waals surface area contributed by atoms with E-state index in [-0.39, 0.29) is 17.2 Å². The van der Waals surface area contributed by atoms with Crippen molar-refractivity contribution in [2.24, 2.45) is 0 Å². The number of hydrogen-bond acceptors (Lipinski definition) is 4. The first-order valence-corrected chi connectivity index (χ1v) is 5.91. The van der Waals surface area contributed by atoms with Crippen molar-refractivity contribution in [3.05, 3.63) is 47.7 Å². The highest BCUT2D eigenvalue weighted by molar-refractivity contribution is 5.95. The van der Waals surface area contributed by atoms with Gasteiger partial charge < -0.3 is 9.84 Å². The Morgan fingerprint density at radius 1 is 1.15 bits per heavy atom. The standard InChI is InChI=1S/C15H13NO4/c1-9(17)10-3-5-11(6-4-10)12-7-13(15(18)19)14(20-2)16-8-12/h3-8H,1-2H3,(H,18,19). The number of ether oxygens (including phenoxy) is 1. The van der Waals surface area contributed by atoms with E-state index in [0.717, 1.165) is 5.56 Å². The number of benzene rings is 1. The van der Waals surface area contributed by atoms with Crippen LogP contribution in [0.1, 0.15) is 27.6 Å². The number of ketones is 1. The van der Waals surface area contributed by atoms with Gasteiger partial charge in [-0.15, -0.1) is 0 Å². The molecule has 1 aromatic heterocycles. The predicted octanol–water partition coefficient (Wildman–Crippen LogP) is 2.66. The summed E-state index contributed by atoms with van der Waals surface area (Å²) >= 11 is 0. The van der Waals surface area contributed by atoms with Crippen molar-refractivity contribution in [2.45, 2.75) is 6.92 Å². The molecule has 0 unspecified atom stereocenters. The summed E-state index contributed by atoms with van der Waals surface area (Å²) < 4.78 is 4.91. The lowest BCUT2D eigenvalue weighted by Gasteiger charge is -2.07. The van der Waals surface area contributed by atoms with Crippen LogP contribution in [0.15, 0.2) is 36.5 Å². The number of methoxy groups -OCH3 is 1. The number of carboxylic acid groups (broad SMARTS) is 1. The first-order valence-electron chi connectivity index (χ1n) is 5.91. The Labute approximate surface area is 115 Å². The van der Waals surface area contributed by atoms with Gasteiger partial charge in [-0.2, -0.15) is 0 Å². The summed E-state index contributed by atoms with van der Waals surface area (Å²) in [6.45, 7) is 1.49. The number of carboxylic acids is 1. The van der Waals surface area contributed by atoms with E-state index in [1.807, 2.05) is 0 Å². The molecule has 0 atom stereocenters. The third-order valence-electron chi connectivity index (χ3n) is 2.90. The Morgan fingerprint density at radius 3 is 2.30 bits per heavy atom. The number of aromatic nitrogens is 1. The molecule has 0 aliphatic rings. The number of pyridine rings is 1. The molecule has 1 heterocycles. The van der Waals surface area contributed by atoms with E-state index in [1.165, 1.54) is 26.3 Å². The molecule has 0 fully saturated rings. The van der Waals surface area contributed by atoms with Crippen molar-refractivity contribution in [3.8, 4) is 17.0 Å². The van der Waals surface area contributed by atoms with Crippen molar-refractivity contribution in [1.29, 1.82) is 0 Å². The molecule has 1 aromatic carbocycles. The molecule has 2 rings (SSSR count). The fraction of sp³-hybridized carbons (Fsp3) is 0.133. The highest BCUT2D eigenvalue weighted by Gasteiger charge is 2.14. The highest BCUT2D eigenvalue weighted by atomic mass is 16.5. The van der Waals surface area contributed by atoms with Crippen LogP contribution < -0.4 is 4.74 Å². The zero-order chi connectivity index (χ0) is 14.7. The fourth-order valence-corrected chi connectivity index (χ4v) is 1.82. The Morgan fingerprint density at radius 2 is 1.80 bits per heavy atom. The summed E-state index contributed by atoms with van der Waals surface area (Å²) in [5, 5.41) is 9.12. The molecule has 0 saturated carbocycles. The summed E-state index contributed by atoms with van der Waals surface area (Å²) in [6, 6.07) is 8.40. The number of hydrogen-bond donors (Lipinski definition) is 1. The SMILES string of the molecule is COc1ncc(-c2ccc(C(C)=O)cc2)cc1C(=O)O. The monoisotopic (exact) mass is 271 g/mol. The molecule has 0 radical (unpaired) electrons. The predicted molar refractivity (Wildman–Crippen MR) is 73.2 cm³/mol. The van der Waals surface area contributed by atoms with Crippen LogP contribution in [0.25, 0.3) is 11.1 Å². The average molecular weight is 271 g/mol. The Hall–Kier alpha value is -2.69. The van der Waals surface area contributed by atoms with E-state index in [4.69, 9.17) is 9.84 Å². The van der Waals surface area contributed by atoms with Crippen molar-refractivity contribution in [2.75, 3.05) is 7.11 Å². The molecule has 5 nitrogen and oxygen atoms in total. The average Bonchev–Trinajstić information content (AvgIpc) is 2.46. The van der Waals surface area contributed by atoms with Gasteiger partial charge in [0.2, 0.25) is 5.88 Å². The Bertz CT molecular complexity index is 662. The first-order chi connectivity index (χ1) is 9.52. The molecule has 2 aromatic rings. The second-order valence-electron chi connectivity index (χ2n) is 4.22. The Balaban J connectivity index is 2.45. The zero-order valence-corrected chi connectivity index (χ0v) is 11.1. The largest absolute Gasteiger partial charge is 0.480 e. The van der Waals surface area contributed by atoms with Gasteiger partial charge in [-0.1, -0.05) is 24.3 Å². The van der Waals surface area contributed by atoms with E-state index < -0.39 is 5.97 Å². The van der Waals surface area contributed by atoms with E-state index in [2.05, 4.69) is 4.98 Å². The number of Topliss-reactive ketones (excluding diaryl/α,β-unsaturated/α-hetero) is 1. The first kappa shape index (κ1) is 13.7. The number of nitrogens with zero attached hydrogens (tertiary/aromatic N) is 1. The minimum Gasteiger partial charge on any atom is -0.480 e. The number of rotatable bonds is 4. The molecule has 0 saturated heterocycles. The molecule has 0 aliphatic heterocycles. The van der Waals surface area contributed by atoms with Gasteiger partial charge in [-0.25, -0.2) is 9.78 Å². The summed E-state index contributed by atoms with van der Waals surface area (Å²) in [6.07, 6.45) is 1.54. The summed E-state index contributed by atoms with van der Waals surface area (Å²) in [4.78, 5) is 26.3.